The van der Waals surface area contributed by atoms with Gasteiger partial charge in [0.05, 0.1) is 19.3 Å². The van der Waals surface area contributed by atoms with E-state index in [9.17, 15) is 0 Å². The van der Waals surface area contributed by atoms with Crippen LogP contribution in [0, 0.1) is 6.92 Å². The molecule has 0 saturated carbocycles. The van der Waals surface area contributed by atoms with Gasteiger partial charge in [0.1, 0.15) is 0 Å². The van der Waals surface area contributed by atoms with Crippen LogP contribution in [0.5, 0.6) is 0 Å². The molecule has 0 fully saturated rings. The Morgan fingerprint density at radius 2 is 2.00 bits per heavy atom. The summed E-state index contributed by atoms with van der Waals surface area (Å²) >= 11 is 0. The first-order valence-electron chi connectivity index (χ1n) is 7.17. The number of methoxy groups -OCH3 is 1. The molecule has 1 aromatic rings. The molecule has 0 spiro atoms. The van der Waals surface area contributed by atoms with Crippen LogP contribution in [0.25, 0.3) is 0 Å². The second-order valence-corrected chi connectivity index (χ2v) is 4.79. The Labute approximate surface area is 122 Å². The van der Waals surface area contributed by atoms with Crippen molar-refractivity contribution in [2.75, 3.05) is 47.1 Å². The number of likely N-dealkylation sites (N-methyl/N-ethyl adjacent to an activating group) is 1. The van der Waals surface area contributed by atoms with Crippen LogP contribution in [0.4, 0.5) is 0 Å². The van der Waals surface area contributed by atoms with Crippen LogP contribution in [-0.4, -0.2) is 47.1 Å². The van der Waals surface area contributed by atoms with E-state index >= 15 is 0 Å². The summed E-state index contributed by atoms with van der Waals surface area (Å²) < 4.78 is 16.4. The molecule has 0 radical (unpaired) electrons. The Morgan fingerprint density at radius 3 is 2.70 bits per heavy atom. The Bertz CT molecular complexity index is 357. The van der Waals surface area contributed by atoms with E-state index in [0.29, 0.717) is 13.2 Å². The molecule has 0 bridgehead atoms. The van der Waals surface area contributed by atoms with Crippen molar-refractivity contribution < 1.29 is 14.2 Å². The number of nitrogens with one attached hydrogen (secondary N) is 1. The quantitative estimate of drug-likeness (QED) is 0.632. The lowest BCUT2D eigenvalue weighted by Crippen LogP contribution is -2.21. The summed E-state index contributed by atoms with van der Waals surface area (Å²) in [4.78, 5) is 0. The van der Waals surface area contributed by atoms with Crippen LogP contribution < -0.4 is 5.32 Å². The first kappa shape index (κ1) is 17.1. The third kappa shape index (κ3) is 7.01. The van der Waals surface area contributed by atoms with Gasteiger partial charge in [-0.2, -0.15) is 0 Å². The number of hydrogen-bond donors (Lipinski definition) is 1. The van der Waals surface area contributed by atoms with Crippen LogP contribution in [0.2, 0.25) is 0 Å². The van der Waals surface area contributed by atoms with Gasteiger partial charge in [0, 0.05) is 26.9 Å². The van der Waals surface area contributed by atoms with Gasteiger partial charge in [-0.05, 0) is 26.0 Å². The third-order valence-electron chi connectivity index (χ3n) is 2.99. The highest BCUT2D eigenvalue weighted by Gasteiger charge is 2.10. The Kier molecular flexibility index (Phi) is 9.24. The van der Waals surface area contributed by atoms with E-state index in [4.69, 9.17) is 14.2 Å². The lowest BCUT2D eigenvalue weighted by Gasteiger charge is -2.18. The zero-order valence-corrected chi connectivity index (χ0v) is 12.9. The fourth-order valence-electron chi connectivity index (χ4n) is 1.99. The van der Waals surface area contributed by atoms with Crippen molar-refractivity contribution in [3.05, 3.63) is 35.4 Å². The lowest BCUT2D eigenvalue weighted by molar-refractivity contribution is 0.00139. The minimum atomic E-state index is 0.0717. The average Bonchev–Trinajstić information content (AvgIpc) is 2.45. The SMILES string of the molecule is CNCC(OCCOCCCOC)c1cccc(C)c1. The van der Waals surface area contributed by atoms with Crippen molar-refractivity contribution in [3.8, 4) is 0 Å². The number of aryl methyl sites for hydroxylation is 1. The maximum atomic E-state index is 5.91. The summed E-state index contributed by atoms with van der Waals surface area (Å²) in [5.74, 6) is 0. The van der Waals surface area contributed by atoms with Crippen LogP contribution in [0.15, 0.2) is 24.3 Å². The predicted octanol–water partition coefficient (Wildman–Crippen LogP) is 2.33. The molecule has 0 aliphatic carbocycles. The molecular weight excluding hydrogens is 254 g/mol. The molecule has 4 nitrogen and oxygen atoms in total. The van der Waals surface area contributed by atoms with Crippen molar-refractivity contribution in [3.63, 3.8) is 0 Å². The summed E-state index contributed by atoms with van der Waals surface area (Å²) in [5.41, 5.74) is 2.46. The van der Waals surface area contributed by atoms with Crippen molar-refractivity contribution in [1.82, 2.24) is 5.32 Å². The van der Waals surface area contributed by atoms with Crippen molar-refractivity contribution in [2.45, 2.75) is 19.4 Å². The fraction of sp³-hybridized carbons (Fsp3) is 0.625. The standard InChI is InChI=1S/C16H27NO3/c1-14-6-4-7-15(12-14)16(13-17-2)20-11-10-19-9-5-8-18-3/h4,6-7,12,16-17H,5,8-11,13H2,1-3H3. The van der Waals surface area contributed by atoms with Crippen LogP contribution in [0.3, 0.4) is 0 Å². The summed E-state index contributed by atoms with van der Waals surface area (Å²) in [6.07, 6.45) is 0.997. The molecule has 0 saturated heterocycles. The minimum Gasteiger partial charge on any atom is -0.385 e. The molecule has 4 heteroatoms. The summed E-state index contributed by atoms with van der Waals surface area (Å²) in [5, 5.41) is 3.17. The van der Waals surface area contributed by atoms with Crippen LogP contribution in [-0.2, 0) is 14.2 Å². The van der Waals surface area contributed by atoms with Gasteiger partial charge >= 0.3 is 0 Å². The first-order chi connectivity index (χ1) is 9.77. The molecule has 1 aromatic carbocycles. The maximum Gasteiger partial charge on any atom is 0.0950 e. The van der Waals surface area contributed by atoms with Gasteiger partial charge in [-0.3, -0.25) is 0 Å². The first-order valence-corrected chi connectivity index (χ1v) is 7.17. The monoisotopic (exact) mass is 281 g/mol. The van der Waals surface area contributed by atoms with Crippen molar-refractivity contribution in [1.29, 1.82) is 0 Å². The zero-order chi connectivity index (χ0) is 14.6. The molecule has 1 rings (SSSR count). The van der Waals surface area contributed by atoms with Gasteiger partial charge < -0.3 is 19.5 Å². The van der Waals surface area contributed by atoms with E-state index in [0.717, 1.165) is 26.2 Å². The number of rotatable bonds is 11. The summed E-state index contributed by atoms with van der Waals surface area (Å²) in [6, 6.07) is 8.44. The van der Waals surface area contributed by atoms with Gasteiger partial charge in [-0.1, -0.05) is 29.8 Å². The molecule has 0 amide bonds. The summed E-state index contributed by atoms with van der Waals surface area (Å²) in [7, 11) is 3.64. The van der Waals surface area contributed by atoms with Crippen LogP contribution in [0.1, 0.15) is 23.7 Å². The Morgan fingerprint density at radius 1 is 1.15 bits per heavy atom. The normalized spacial score (nSPS) is 12.6. The lowest BCUT2D eigenvalue weighted by atomic mass is 10.1. The molecule has 0 aromatic heterocycles. The number of hydrogen-bond acceptors (Lipinski definition) is 4. The van der Waals surface area contributed by atoms with E-state index in [1.54, 1.807) is 7.11 Å². The Balaban J connectivity index is 2.29. The zero-order valence-electron chi connectivity index (χ0n) is 12.9. The second-order valence-electron chi connectivity index (χ2n) is 4.79. The minimum absolute atomic E-state index is 0.0717. The highest BCUT2D eigenvalue weighted by Crippen LogP contribution is 2.17. The molecule has 1 unspecified atom stereocenters. The molecule has 20 heavy (non-hydrogen) atoms. The molecule has 1 N–H and O–H groups in total. The predicted molar refractivity (Wildman–Crippen MR) is 81.1 cm³/mol. The van der Waals surface area contributed by atoms with Crippen molar-refractivity contribution >= 4 is 0 Å². The fourth-order valence-corrected chi connectivity index (χ4v) is 1.99. The average molecular weight is 281 g/mol. The van der Waals surface area contributed by atoms with E-state index in [2.05, 4.69) is 36.5 Å². The van der Waals surface area contributed by atoms with Crippen molar-refractivity contribution in [2.24, 2.45) is 0 Å². The third-order valence-corrected chi connectivity index (χ3v) is 2.99. The van der Waals surface area contributed by atoms with Gasteiger partial charge in [0.2, 0.25) is 0 Å². The highest BCUT2D eigenvalue weighted by atomic mass is 16.5. The molecule has 1 atom stereocenters. The Hall–Kier alpha value is -0.940. The second kappa shape index (κ2) is 10.8. The molecular formula is C16H27NO3. The highest BCUT2D eigenvalue weighted by molar-refractivity contribution is 5.24. The summed E-state index contributed by atoms with van der Waals surface area (Å²) in [6.45, 7) is 5.58. The van der Waals surface area contributed by atoms with E-state index in [1.165, 1.54) is 11.1 Å². The van der Waals surface area contributed by atoms with E-state index in [1.807, 2.05) is 7.05 Å². The van der Waals surface area contributed by atoms with Crippen LogP contribution >= 0.6 is 0 Å². The van der Waals surface area contributed by atoms with Gasteiger partial charge in [0.25, 0.3) is 0 Å². The number of ether oxygens (including phenoxy) is 3. The molecule has 114 valence electrons. The molecule has 0 aliphatic heterocycles. The topological polar surface area (TPSA) is 39.7 Å². The number of benzene rings is 1. The van der Waals surface area contributed by atoms with Gasteiger partial charge in [-0.25, -0.2) is 0 Å². The maximum absolute atomic E-state index is 5.91. The van der Waals surface area contributed by atoms with E-state index < -0.39 is 0 Å². The molecule has 0 aliphatic rings. The van der Waals surface area contributed by atoms with E-state index in [-0.39, 0.29) is 6.10 Å². The van der Waals surface area contributed by atoms with Gasteiger partial charge in [-0.15, -0.1) is 0 Å². The smallest absolute Gasteiger partial charge is 0.0950 e. The van der Waals surface area contributed by atoms with Gasteiger partial charge in [0.15, 0.2) is 0 Å². The molecule has 0 heterocycles. The largest absolute Gasteiger partial charge is 0.385 e.